The fourth-order valence-electron chi connectivity index (χ4n) is 1.32. The van der Waals surface area contributed by atoms with Crippen molar-refractivity contribution < 1.29 is 13.2 Å². The normalized spacial score (nSPS) is 11.8. The van der Waals surface area contributed by atoms with Gasteiger partial charge in [-0.1, -0.05) is 11.6 Å². The summed E-state index contributed by atoms with van der Waals surface area (Å²) >= 11 is 5.66. The molecule has 0 bridgehead atoms. The Bertz CT molecular complexity index is 488. The summed E-state index contributed by atoms with van der Waals surface area (Å²) in [5, 5.41) is 0.470. The summed E-state index contributed by atoms with van der Waals surface area (Å²) in [7, 11) is 0. The number of imidazole rings is 1. The average molecular weight is 247 g/mol. The van der Waals surface area contributed by atoms with Crippen molar-refractivity contribution in [2.24, 2.45) is 0 Å². The predicted molar refractivity (Wildman–Crippen MR) is 53.6 cm³/mol. The Kier molecular flexibility index (Phi) is 2.63. The molecule has 2 nitrogen and oxygen atoms in total. The Morgan fingerprint density at radius 3 is 2.31 bits per heavy atom. The third-order valence-corrected chi connectivity index (χ3v) is 2.25. The molecule has 0 N–H and O–H groups in total. The predicted octanol–water partition coefficient (Wildman–Crippen LogP) is 3.54. The van der Waals surface area contributed by atoms with Crippen molar-refractivity contribution in [2.45, 2.75) is 6.18 Å². The molecule has 2 aromatic rings. The second kappa shape index (κ2) is 3.83. The van der Waals surface area contributed by atoms with Crippen molar-refractivity contribution in [1.82, 2.24) is 9.55 Å². The van der Waals surface area contributed by atoms with Crippen LogP contribution in [0.3, 0.4) is 0 Å². The molecule has 0 fully saturated rings. The second-order valence-corrected chi connectivity index (χ2v) is 3.53. The quantitative estimate of drug-likeness (QED) is 0.752. The van der Waals surface area contributed by atoms with Gasteiger partial charge in [0.2, 0.25) is 5.82 Å². The van der Waals surface area contributed by atoms with E-state index in [1.807, 2.05) is 0 Å². The van der Waals surface area contributed by atoms with E-state index in [1.54, 1.807) is 0 Å². The van der Waals surface area contributed by atoms with Crippen LogP contribution in [0.4, 0.5) is 13.2 Å². The summed E-state index contributed by atoms with van der Waals surface area (Å²) in [5.74, 6) is -0.949. The number of alkyl halides is 3. The molecule has 84 valence electrons. The van der Waals surface area contributed by atoms with Gasteiger partial charge in [-0.25, -0.2) is 4.98 Å². The van der Waals surface area contributed by atoms with Gasteiger partial charge in [0.25, 0.3) is 0 Å². The van der Waals surface area contributed by atoms with Gasteiger partial charge in [0, 0.05) is 23.1 Å². The number of hydrogen-bond donors (Lipinski definition) is 0. The molecule has 1 aromatic heterocycles. The maximum absolute atomic E-state index is 12.5. The van der Waals surface area contributed by atoms with Gasteiger partial charge in [-0.3, -0.25) is 4.57 Å². The molecule has 0 radical (unpaired) electrons. The molecule has 6 heteroatoms. The Hall–Kier alpha value is -1.49. The van der Waals surface area contributed by atoms with Gasteiger partial charge in [-0.05, 0) is 24.3 Å². The monoisotopic (exact) mass is 246 g/mol. The lowest BCUT2D eigenvalue weighted by atomic mass is 10.3. The number of halogens is 4. The Morgan fingerprint density at radius 1 is 1.12 bits per heavy atom. The number of hydrogen-bond acceptors (Lipinski definition) is 1. The standard InChI is InChI=1S/C10H6ClF3N2/c11-7-1-3-8(4-2-7)16-6-5-15-9(16)10(12,13)14/h1-6H. The highest BCUT2D eigenvalue weighted by Crippen LogP contribution is 2.29. The van der Waals surface area contributed by atoms with Crippen LogP contribution in [-0.4, -0.2) is 9.55 Å². The molecule has 1 aromatic carbocycles. The summed E-state index contributed by atoms with van der Waals surface area (Å²) in [6.07, 6.45) is -2.10. The third-order valence-electron chi connectivity index (χ3n) is 2.00. The van der Waals surface area contributed by atoms with Crippen LogP contribution >= 0.6 is 11.6 Å². The van der Waals surface area contributed by atoms with Gasteiger partial charge >= 0.3 is 6.18 Å². The molecule has 0 aliphatic heterocycles. The molecular formula is C10H6ClF3N2. The van der Waals surface area contributed by atoms with Crippen molar-refractivity contribution in [3.63, 3.8) is 0 Å². The van der Waals surface area contributed by atoms with E-state index in [-0.39, 0.29) is 0 Å². The average Bonchev–Trinajstić information content (AvgIpc) is 2.66. The van der Waals surface area contributed by atoms with Gasteiger partial charge in [0.1, 0.15) is 0 Å². The minimum Gasteiger partial charge on any atom is -0.296 e. The summed E-state index contributed by atoms with van der Waals surface area (Å²) in [4.78, 5) is 3.29. The van der Waals surface area contributed by atoms with Crippen LogP contribution < -0.4 is 0 Å². The van der Waals surface area contributed by atoms with E-state index in [1.165, 1.54) is 30.5 Å². The van der Waals surface area contributed by atoms with E-state index in [2.05, 4.69) is 4.98 Å². The molecule has 0 saturated heterocycles. The minimum atomic E-state index is -4.47. The topological polar surface area (TPSA) is 17.8 Å². The number of rotatable bonds is 1. The zero-order valence-electron chi connectivity index (χ0n) is 7.87. The molecule has 0 spiro atoms. The maximum atomic E-state index is 12.5. The lowest BCUT2D eigenvalue weighted by Gasteiger charge is -2.10. The van der Waals surface area contributed by atoms with E-state index < -0.39 is 12.0 Å². The van der Waals surface area contributed by atoms with Crippen molar-refractivity contribution in [3.8, 4) is 5.69 Å². The molecular weight excluding hydrogens is 241 g/mol. The van der Waals surface area contributed by atoms with Crippen molar-refractivity contribution in [1.29, 1.82) is 0 Å². The summed E-state index contributed by atoms with van der Waals surface area (Å²) in [5.41, 5.74) is 0.370. The lowest BCUT2D eigenvalue weighted by Crippen LogP contribution is -2.13. The summed E-state index contributed by atoms with van der Waals surface area (Å²) in [6, 6.07) is 6.05. The third kappa shape index (κ3) is 2.04. The highest BCUT2D eigenvalue weighted by molar-refractivity contribution is 6.30. The van der Waals surface area contributed by atoms with E-state index in [4.69, 9.17) is 11.6 Å². The van der Waals surface area contributed by atoms with Crippen LogP contribution in [0.1, 0.15) is 5.82 Å². The van der Waals surface area contributed by atoms with E-state index in [0.29, 0.717) is 10.7 Å². The SMILES string of the molecule is FC(F)(F)c1nccn1-c1ccc(Cl)cc1. The van der Waals surface area contributed by atoms with E-state index in [0.717, 1.165) is 10.8 Å². The van der Waals surface area contributed by atoms with Crippen LogP contribution in [0, 0.1) is 0 Å². The summed E-state index contributed by atoms with van der Waals surface area (Å²) in [6.45, 7) is 0. The van der Waals surface area contributed by atoms with Crippen LogP contribution in [0.25, 0.3) is 5.69 Å². The first-order valence-corrected chi connectivity index (χ1v) is 4.73. The van der Waals surface area contributed by atoms with E-state index >= 15 is 0 Å². The van der Waals surface area contributed by atoms with Crippen molar-refractivity contribution >= 4 is 11.6 Å². The van der Waals surface area contributed by atoms with Gasteiger partial charge in [-0.15, -0.1) is 0 Å². The number of nitrogens with zero attached hydrogens (tertiary/aromatic N) is 2. The molecule has 0 amide bonds. The first kappa shape index (κ1) is 11.0. The molecule has 1 heterocycles. The van der Waals surface area contributed by atoms with Gasteiger partial charge in [0.15, 0.2) is 0 Å². The minimum absolute atomic E-state index is 0.370. The first-order chi connectivity index (χ1) is 7.48. The zero-order chi connectivity index (χ0) is 11.8. The molecule has 2 rings (SSSR count). The first-order valence-electron chi connectivity index (χ1n) is 4.35. The molecule has 0 atom stereocenters. The van der Waals surface area contributed by atoms with Crippen molar-refractivity contribution in [3.05, 3.63) is 47.5 Å². The Balaban J connectivity index is 2.49. The Labute approximate surface area is 94.3 Å². The van der Waals surface area contributed by atoms with Gasteiger partial charge < -0.3 is 0 Å². The molecule has 0 saturated carbocycles. The largest absolute Gasteiger partial charge is 0.450 e. The van der Waals surface area contributed by atoms with Crippen molar-refractivity contribution in [2.75, 3.05) is 0 Å². The Morgan fingerprint density at radius 2 is 1.75 bits per heavy atom. The van der Waals surface area contributed by atoms with Crippen LogP contribution in [0.5, 0.6) is 0 Å². The fraction of sp³-hybridized carbons (Fsp3) is 0.100. The highest BCUT2D eigenvalue weighted by Gasteiger charge is 2.36. The van der Waals surface area contributed by atoms with Crippen LogP contribution in [0.2, 0.25) is 5.02 Å². The summed E-state index contributed by atoms with van der Waals surface area (Å²) < 4.78 is 38.6. The van der Waals surface area contributed by atoms with Gasteiger partial charge in [0.05, 0.1) is 0 Å². The molecule has 0 aliphatic carbocycles. The number of benzene rings is 1. The lowest BCUT2D eigenvalue weighted by molar-refractivity contribution is -0.145. The van der Waals surface area contributed by atoms with Gasteiger partial charge in [-0.2, -0.15) is 13.2 Å². The molecule has 16 heavy (non-hydrogen) atoms. The zero-order valence-corrected chi connectivity index (χ0v) is 8.63. The van der Waals surface area contributed by atoms with Crippen LogP contribution in [-0.2, 0) is 6.18 Å². The smallest absolute Gasteiger partial charge is 0.296 e. The van der Waals surface area contributed by atoms with Crippen LogP contribution in [0.15, 0.2) is 36.7 Å². The maximum Gasteiger partial charge on any atom is 0.450 e. The number of aromatic nitrogens is 2. The molecule has 0 unspecified atom stereocenters. The highest BCUT2D eigenvalue weighted by atomic mass is 35.5. The fourth-order valence-corrected chi connectivity index (χ4v) is 1.45. The van der Waals surface area contributed by atoms with E-state index in [9.17, 15) is 13.2 Å². The molecule has 0 aliphatic rings. The second-order valence-electron chi connectivity index (χ2n) is 3.10.